The van der Waals surface area contributed by atoms with Crippen LogP contribution < -0.4 is 0 Å². The Morgan fingerprint density at radius 2 is 2.14 bits per heavy atom. The molecule has 1 nitrogen and oxygen atoms in total. The van der Waals surface area contributed by atoms with E-state index in [9.17, 15) is 4.79 Å². The molecule has 0 aliphatic rings. The molecule has 0 aliphatic heterocycles. The number of allylic oxidation sites excluding steroid dienone is 2. The van der Waals surface area contributed by atoms with Crippen LogP contribution >= 0.6 is 0 Å². The summed E-state index contributed by atoms with van der Waals surface area (Å²) in [5.41, 5.74) is 0. The van der Waals surface area contributed by atoms with Crippen LogP contribution in [0.4, 0.5) is 0 Å². The minimum absolute atomic E-state index is 0. The second-order valence-electron chi connectivity index (χ2n) is 1.11. The first-order chi connectivity index (χ1) is 2.77. The Balaban J connectivity index is -0.0000000417. The normalized spacial score (nSPS) is 8.29. The summed E-state index contributed by atoms with van der Waals surface area (Å²) in [4.78, 5) is 9.96. The molecule has 0 rings (SSSR count). The van der Waals surface area contributed by atoms with E-state index < -0.39 is 0 Å². The minimum atomic E-state index is 0. The van der Waals surface area contributed by atoms with Crippen LogP contribution in [-0.2, 0) is 4.79 Å². The fourth-order valence-electron chi connectivity index (χ4n) is 0.235. The number of hydrogen-bond donors (Lipinski definition) is 0. The van der Waals surface area contributed by atoms with Crippen molar-refractivity contribution in [2.45, 2.75) is 13.8 Å². The van der Waals surface area contributed by atoms with E-state index in [1.165, 1.54) is 13.0 Å². The minimum Gasteiger partial charge on any atom is -1.00 e. The maximum Gasteiger partial charge on any atom is 2.00 e. The van der Waals surface area contributed by atoms with Crippen LogP contribution in [0.1, 0.15) is 16.7 Å². The molecule has 0 radical (unpaired) electrons. The molecule has 0 atom stereocenters. The van der Waals surface area contributed by atoms with Crippen molar-refractivity contribution in [2.75, 3.05) is 0 Å². The van der Waals surface area contributed by atoms with E-state index >= 15 is 0 Å². The Kier molecular flexibility index (Phi) is 10.1. The van der Waals surface area contributed by atoms with Gasteiger partial charge in [0.05, 0.1) is 0 Å². The summed E-state index contributed by atoms with van der Waals surface area (Å²) in [5.74, 6) is 0.109. The van der Waals surface area contributed by atoms with Crippen molar-refractivity contribution in [3.63, 3.8) is 0 Å². The molecule has 7 heavy (non-hydrogen) atoms. The number of carbonyl (C=O) groups excluding carboxylic acids is 1. The summed E-state index contributed by atoms with van der Waals surface area (Å²) in [6.07, 6.45) is 3.25. The molecule has 0 saturated heterocycles. The van der Waals surface area contributed by atoms with Crippen molar-refractivity contribution in [2.24, 2.45) is 0 Å². The summed E-state index contributed by atoms with van der Waals surface area (Å²) >= 11 is 0. The first kappa shape index (κ1) is 10.6. The molecule has 0 spiro atoms. The van der Waals surface area contributed by atoms with Gasteiger partial charge >= 0.3 is 37.7 Å². The van der Waals surface area contributed by atoms with Gasteiger partial charge in [-0.25, -0.2) is 0 Å². The second kappa shape index (κ2) is 6.67. The van der Waals surface area contributed by atoms with E-state index in [1.54, 1.807) is 6.08 Å². The summed E-state index contributed by atoms with van der Waals surface area (Å²) in [6, 6.07) is 0. The molecule has 0 N–H and O–H groups in total. The first-order valence-corrected chi connectivity index (χ1v) is 1.90. The molecular formula is C5H10CaO. The van der Waals surface area contributed by atoms with Gasteiger partial charge < -0.3 is 2.85 Å². The van der Waals surface area contributed by atoms with Crippen molar-refractivity contribution in [1.82, 2.24) is 0 Å². The van der Waals surface area contributed by atoms with Crippen molar-refractivity contribution < 1.29 is 7.65 Å². The maximum absolute atomic E-state index is 9.96. The molecule has 0 amide bonds. The van der Waals surface area contributed by atoms with E-state index in [4.69, 9.17) is 0 Å². The number of carbonyl (C=O) groups is 1. The van der Waals surface area contributed by atoms with Gasteiger partial charge in [0.25, 0.3) is 0 Å². The van der Waals surface area contributed by atoms with Crippen LogP contribution in [0, 0.1) is 0 Å². The van der Waals surface area contributed by atoms with Gasteiger partial charge in [-0.3, -0.25) is 4.79 Å². The number of rotatable bonds is 1. The zero-order valence-corrected chi connectivity index (χ0v) is 6.98. The van der Waals surface area contributed by atoms with Crippen molar-refractivity contribution in [3.05, 3.63) is 12.2 Å². The van der Waals surface area contributed by atoms with Gasteiger partial charge in [-0.1, -0.05) is 6.08 Å². The topological polar surface area (TPSA) is 17.1 Å². The largest absolute Gasteiger partial charge is 2.00 e. The quantitative estimate of drug-likeness (QED) is 0.378. The van der Waals surface area contributed by atoms with Gasteiger partial charge in [0.15, 0.2) is 5.78 Å². The predicted molar refractivity (Wildman–Crippen MR) is 33.5 cm³/mol. The van der Waals surface area contributed by atoms with Crippen LogP contribution in [0.25, 0.3) is 0 Å². The molecule has 38 valence electrons. The van der Waals surface area contributed by atoms with Gasteiger partial charge in [0.1, 0.15) is 0 Å². The van der Waals surface area contributed by atoms with E-state index in [-0.39, 0.29) is 46.4 Å². The molecule has 0 aromatic rings. The van der Waals surface area contributed by atoms with E-state index in [2.05, 4.69) is 0 Å². The summed E-state index contributed by atoms with van der Waals surface area (Å²) in [6.45, 7) is 3.35. The average molecular weight is 126 g/mol. The third-order valence-corrected chi connectivity index (χ3v) is 0.401. The van der Waals surface area contributed by atoms with Crippen LogP contribution in [0.5, 0.6) is 0 Å². The smallest absolute Gasteiger partial charge is 1.00 e. The second-order valence-corrected chi connectivity index (χ2v) is 1.11. The molecular weight excluding hydrogens is 116 g/mol. The summed E-state index contributed by atoms with van der Waals surface area (Å²) in [5, 5.41) is 0. The molecule has 0 aromatic carbocycles. The Morgan fingerprint density at radius 3 is 2.14 bits per heavy atom. The predicted octanol–water partition coefficient (Wildman–Crippen LogP) is 0.996. The molecule has 2 heteroatoms. The molecule has 0 fully saturated rings. The standard InChI is InChI=1S/C5H8O.Ca.2H/c1-3-4-5(2)6;;;/h3-4H,1-2H3;;;/q;+2;2*-1. The van der Waals surface area contributed by atoms with E-state index in [0.717, 1.165) is 0 Å². The third kappa shape index (κ3) is 10.8. The van der Waals surface area contributed by atoms with Crippen molar-refractivity contribution >= 4 is 43.5 Å². The fraction of sp³-hybridized carbons (Fsp3) is 0.400. The zero-order valence-electron chi connectivity index (χ0n) is 6.77. The molecule has 0 aromatic heterocycles. The average Bonchev–Trinajstić information content (AvgIpc) is 1.35. The van der Waals surface area contributed by atoms with Gasteiger partial charge in [-0.15, -0.1) is 0 Å². The first-order valence-electron chi connectivity index (χ1n) is 1.90. The molecule has 0 bridgehead atoms. The zero-order chi connectivity index (χ0) is 4.99. The summed E-state index contributed by atoms with van der Waals surface area (Å²) in [7, 11) is 0. The van der Waals surface area contributed by atoms with Gasteiger partial charge in [-0.2, -0.15) is 0 Å². The van der Waals surface area contributed by atoms with Crippen LogP contribution in [0.15, 0.2) is 12.2 Å². The van der Waals surface area contributed by atoms with Crippen LogP contribution in [0.3, 0.4) is 0 Å². The van der Waals surface area contributed by atoms with Gasteiger partial charge in [0, 0.05) is 0 Å². The van der Waals surface area contributed by atoms with E-state index in [1.807, 2.05) is 6.92 Å². The van der Waals surface area contributed by atoms with Gasteiger partial charge in [0.2, 0.25) is 0 Å². The maximum atomic E-state index is 9.96. The monoisotopic (exact) mass is 126 g/mol. The Morgan fingerprint density at radius 1 is 1.71 bits per heavy atom. The Labute approximate surface area is 76.8 Å². The Hall–Kier alpha value is 0.670. The fourth-order valence-corrected chi connectivity index (χ4v) is 0.235. The van der Waals surface area contributed by atoms with Crippen molar-refractivity contribution in [3.8, 4) is 0 Å². The molecule has 0 saturated carbocycles. The van der Waals surface area contributed by atoms with E-state index in [0.29, 0.717) is 0 Å². The Bertz CT molecular complexity index is 83.0. The number of ketones is 1. The van der Waals surface area contributed by atoms with Crippen molar-refractivity contribution in [1.29, 1.82) is 0 Å². The SMILES string of the molecule is CC=CC(C)=O.[Ca+2].[H-].[H-]. The number of hydrogen-bond acceptors (Lipinski definition) is 1. The molecule has 0 heterocycles. The van der Waals surface area contributed by atoms with Crippen LogP contribution in [-0.4, -0.2) is 43.5 Å². The molecule has 0 unspecified atom stereocenters. The van der Waals surface area contributed by atoms with Crippen LogP contribution in [0.2, 0.25) is 0 Å². The molecule has 0 aliphatic carbocycles. The third-order valence-electron chi connectivity index (χ3n) is 0.401. The van der Waals surface area contributed by atoms with Gasteiger partial charge in [-0.05, 0) is 19.9 Å². The summed E-state index contributed by atoms with van der Waals surface area (Å²) < 4.78 is 0.